The molecule has 3 rings (SSSR count). The van der Waals surface area contributed by atoms with Crippen molar-refractivity contribution >= 4 is 47.1 Å². The summed E-state index contributed by atoms with van der Waals surface area (Å²) in [5.41, 5.74) is 1.07. The van der Waals surface area contributed by atoms with E-state index in [4.69, 9.17) is 37.4 Å². The Morgan fingerprint density at radius 1 is 1.18 bits per heavy atom. The number of carbonyl (C=O) groups is 2. The summed E-state index contributed by atoms with van der Waals surface area (Å²) in [6.45, 7) is 1.69. The van der Waals surface area contributed by atoms with E-state index in [9.17, 15) is 9.59 Å². The van der Waals surface area contributed by atoms with Crippen LogP contribution in [0.4, 0.5) is 0 Å². The summed E-state index contributed by atoms with van der Waals surface area (Å²) >= 11 is 12.1. The number of cyclic esters (lactones) is 1. The highest BCUT2D eigenvalue weighted by Crippen LogP contribution is 2.31. The van der Waals surface area contributed by atoms with E-state index in [1.54, 1.807) is 43.3 Å². The Balaban J connectivity index is 1.95. The zero-order valence-electron chi connectivity index (χ0n) is 15.0. The number of hydrogen-bond acceptors (Lipinski definition) is 6. The molecule has 144 valence electrons. The maximum Gasteiger partial charge on any atom is 0.363 e. The maximum absolute atomic E-state index is 12.2. The van der Waals surface area contributed by atoms with Crippen LogP contribution >= 0.6 is 23.2 Å². The molecular weight excluding hydrogens is 405 g/mol. The lowest BCUT2D eigenvalue weighted by Crippen LogP contribution is -2.07. The lowest BCUT2D eigenvalue weighted by Gasteiger charge is -2.09. The summed E-state index contributed by atoms with van der Waals surface area (Å²) in [5, 5.41) is 0.795. The third-order valence-electron chi connectivity index (χ3n) is 3.78. The minimum Gasteiger partial charge on any atom is -0.493 e. The van der Waals surface area contributed by atoms with Gasteiger partial charge in [0, 0.05) is 11.4 Å². The van der Waals surface area contributed by atoms with Gasteiger partial charge in [-0.2, -0.15) is 0 Å². The van der Waals surface area contributed by atoms with Crippen LogP contribution in [0.15, 0.2) is 47.1 Å². The van der Waals surface area contributed by atoms with Crippen molar-refractivity contribution in [1.29, 1.82) is 0 Å². The van der Waals surface area contributed by atoms with E-state index in [-0.39, 0.29) is 23.8 Å². The lowest BCUT2D eigenvalue weighted by atomic mass is 10.1. The molecule has 0 spiro atoms. The van der Waals surface area contributed by atoms with E-state index in [0.29, 0.717) is 26.9 Å². The highest BCUT2D eigenvalue weighted by Gasteiger charge is 2.26. The fraction of sp³-hybridized carbons (Fsp3) is 0.150. The average molecular weight is 420 g/mol. The number of hydrogen-bond donors (Lipinski definition) is 0. The van der Waals surface area contributed by atoms with Crippen molar-refractivity contribution < 1.29 is 23.8 Å². The zero-order chi connectivity index (χ0) is 20.3. The van der Waals surface area contributed by atoms with Crippen molar-refractivity contribution in [3.8, 4) is 11.5 Å². The maximum atomic E-state index is 12.2. The fourth-order valence-electron chi connectivity index (χ4n) is 2.40. The Morgan fingerprint density at radius 3 is 2.68 bits per heavy atom. The first-order valence-electron chi connectivity index (χ1n) is 8.28. The van der Waals surface area contributed by atoms with E-state index < -0.39 is 11.9 Å². The first-order chi connectivity index (χ1) is 13.4. The molecule has 0 aliphatic carbocycles. The van der Waals surface area contributed by atoms with Gasteiger partial charge in [-0.25, -0.2) is 9.79 Å². The lowest BCUT2D eigenvalue weighted by molar-refractivity contribution is -0.134. The van der Waals surface area contributed by atoms with Gasteiger partial charge >= 0.3 is 11.9 Å². The molecule has 0 fully saturated rings. The molecule has 0 saturated heterocycles. The van der Waals surface area contributed by atoms with Crippen LogP contribution in [0.25, 0.3) is 6.08 Å². The molecule has 1 aliphatic heterocycles. The molecule has 2 aromatic carbocycles. The molecule has 0 unspecified atom stereocenters. The fourth-order valence-corrected chi connectivity index (χ4v) is 2.77. The average Bonchev–Trinajstić information content (AvgIpc) is 3.04. The predicted molar refractivity (Wildman–Crippen MR) is 106 cm³/mol. The second-order valence-electron chi connectivity index (χ2n) is 5.70. The summed E-state index contributed by atoms with van der Waals surface area (Å²) in [4.78, 5) is 28.0. The summed E-state index contributed by atoms with van der Waals surface area (Å²) in [5.74, 6) is -0.326. The number of benzene rings is 2. The topological polar surface area (TPSA) is 74.2 Å². The van der Waals surface area contributed by atoms with Crippen LogP contribution in [-0.4, -0.2) is 24.9 Å². The number of methoxy groups -OCH3 is 1. The number of ether oxygens (including phenoxy) is 3. The molecule has 0 aromatic heterocycles. The Morgan fingerprint density at radius 2 is 1.96 bits per heavy atom. The van der Waals surface area contributed by atoms with E-state index in [2.05, 4.69) is 4.99 Å². The predicted octanol–water partition coefficient (Wildman–Crippen LogP) is 4.66. The SMILES string of the molecule is CCC(=O)Oc1cc(C=C2N=C(c3cc(Cl)ccc3Cl)OC2=O)ccc1OC. The number of rotatable bonds is 5. The van der Waals surface area contributed by atoms with E-state index in [1.807, 2.05) is 0 Å². The van der Waals surface area contributed by atoms with Gasteiger partial charge in [-0.1, -0.05) is 36.2 Å². The van der Waals surface area contributed by atoms with Crippen LogP contribution in [-0.2, 0) is 14.3 Å². The minimum absolute atomic E-state index is 0.0647. The molecule has 0 N–H and O–H groups in total. The van der Waals surface area contributed by atoms with Gasteiger partial charge in [-0.15, -0.1) is 0 Å². The van der Waals surface area contributed by atoms with E-state index >= 15 is 0 Å². The number of carbonyl (C=O) groups excluding carboxylic acids is 2. The van der Waals surface area contributed by atoms with Gasteiger partial charge in [0.2, 0.25) is 5.90 Å². The Hall–Kier alpha value is -2.83. The van der Waals surface area contributed by atoms with Crippen molar-refractivity contribution in [2.75, 3.05) is 7.11 Å². The molecule has 1 heterocycles. The normalized spacial score (nSPS) is 14.6. The molecule has 0 radical (unpaired) electrons. The molecule has 0 saturated carbocycles. The van der Waals surface area contributed by atoms with Crippen molar-refractivity contribution in [2.24, 2.45) is 4.99 Å². The van der Waals surface area contributed by atoms with Gasteiger partial charge in [0.05, 0.1) is 17.7 Å². The summed E-state index contributed by atoms with van der Waals surface area (Å²) in [6.07, 6.45) is 1.73. The van der Waals surface area contributed by atoms with Crippen LogP contribution in [0.2, 0.25) is 10.0 Å². The zero-order valence-corrected chi connectivity index (χ0v) is 16.5. The standard InChI is InChI=1S/C20H15Cl2NO5/c1-3-18(24)27-17-9-11(4-7-16(17)26-2)8-15-20(25)28-19(23-15)13-10-12(21)5-6-14(13)22/h4-10H,3H2,1-2H3. The van der Waals surface area contributed by atoms with Gasteiger partial charge in [-0.3, -0.25) is 4.79 Å². The number of nitrogens with zero attached hydrogens (tertiary/aromatic N) is 1. The van der Waals surface area contributed by atoms with E-state index in [0.717, 1.165) is 0 Å². The summed E-state index contributed by atoms with van der Waals surface area (Å²) in [6, 6.07) is 9.68. The highest BCUT2D eigenvalue weighted by molar-refractivity contribution is 6.36. The van der Waals surface area contributed by atoms with Gasteiger partial charge in [-0.05, 0) is 42.0 Å². The van der Waals surface area contributed by atoms with Crippen molar-refractivity contribution in [1.82, 2.24) is 0 Å². The molecule has 0 bridgehead atoms. The first kappa shape index (κ1) is 19.9. The second kappa shape index (κ2) is 8.46. The minimum atomic E-state index is -0.631. The van der Waals surface area contributed by atoms with E-state index in [1.165, 1.54) is 13.2 Å². The Labute approximate surface area is 171 Å². The number of esters is 2. The van der Waals surface area contributed by atoms with Gasteiger partial charge < -0.3 is 14.2 Å². The molecular formula is C20H15Cl2NO5. The second-order valence-corrected chi connectivity index (χ2v) is 6.54. The largest absolute Gasteiger partial charge is 0.493 e. The van der Waals surface area contributed by atoms with Gasteiger partial charge in [0.25, 0.3) is 0 Å². The Bertz CT molecular complexity index is 1010. The van der Waals surface area contributed by atoms with Gasteiger partial charge in [0.1, 0.15) is 0 Å². The summed E-state index contributed by atoms with van der Waals surface area (Å²) in [7, 11) is 1.47. The summed E-state index contributed by atoms with van der Waals surface area (Å²) < 4.78 is 15.7. The van der Waals surface area contributed by atoms with Crippen molar-refractivity contribution in [3.05, 3.63) is 63.3 Å². The quantitative estimate of drug-likeness (QED) is 0.400. The molecule has 2 aromatic rings. The smallest absolute Gasteiger partial charge is 0.363 e. The van der Waals surface area contributed by atoms with Crippen LogP contribution in [0.1, 0.15) is 24.5 Å². The van der Waals surface area contributed by atoms with Crippen molar-refractivity contribution in [2.45, 2.75) is 13.3 Å². The van der Waals surface area contributed by atoms with Crippen LogP contribution in [0.3, 0.4) is 0 Å². The molecule has 6 nitrogen and oxygen atoms in total. The molecule has 0 amide bonds. The third-order valence-corrected chi connectivity index (χ3v) is 4.35. The van der Waals surface area contributed by atoms with Crippen LogP contribution in [0.5, 0.6) is 11.5 Å². The Kier molecular flexibility index (Phi) is 6.02. The van der Waals surface area contributed by atoms with Crippen LogP contribution < -0.4 is 9.47 Å². The molecule has 28 heavy (non-hydrogen) atoms. The molecule has 0 atom stereocenters. The first-order valence-corrected chi connectivity index (χ1v) is 9.03. The number of halogens is 2. The monoisotopic (exact) mass is 419 g/mol. The number of aliphatic imine (C=N–C) groups is 1. The van der Waals surface area contributed by atoms with Gasteiger partial charge in [0.15, 0.2) is 17.2 Å². The van der Waals surface area contributed by atoms with Crippen LogP contribution in [0, 0.1) is 0 Å². The van der Waals surface area contributed by atoms with Crippen molar-refractivity contribution in [3.63, 3.8) is 0 Å². The molecule has 1 aliphatic rings. The third kappa shape index (κ3) is 4.35. The highest BCUT2D eigenvalue weighted by atomic mass is 35.5. The molecule has 8 heteroatoms.